The fourth-order valence-corrected chi connectivity index (χ4v) is 4.66. The van der Waals surface area contributed by atoms with E-state index in [1.807, 2.05) is 0 Å². The highest BCUT2D eigenvalue weighted by Gasteiger charge is 2.46. The smallest absolute Gasteiger partial charge is 0.168 e. The third kappa shape index (κ3) is 3.19. The molecule has 0 bridgehead atoms. The maximum Gasteiger partial charge on any atom is 0.168 e. The fraction of sp³-hybridized carbons (Fsp3) is 0.700. The molecular weight excluding hydrogens is 288 g/mol. The monoisotopic (exact) mass is 316 g/mol. The Morgan fingerprint density at radius 3 is 2.30 bits per heavy atom. The zero-order valence-electron chi connectivity index (χ0n) is 14.0. The van der Waals surface area contributed by atoms with Gasteiger partial charge < -0.3 is 14.2 Å². The average molecular weight is 316 g/mol. The molecule has 0 aromatic heterocycles. The van der Waals surface area contributed by atoms with Gasteiger partial charge in [0.05, 0.1) is 13.2 Å². The number of ether oxygens (including phenoxy) is 3. The Balaban J connectivity index is 1.50. The molecular formula is C20H28O3. The van der Waals surface area contributed by atoms with Crippen molar-refractivity contribution in [2.75, 3.05) is 26.4 Å². The highest BCUT2D eigenvalue weighted by atomic mass is 16.7. The van der Waals surface area contributed by atoms with Gasteiger partial charge >= 0.3 is 0 Å². The normalized spacial score (nSPS) is 29.1. The first-order chi connectivity index (χ1) is 11.3. The zero-order chi connectivity index (χ0) is 15.6. The van der Waals surface area contributed by atoms with E-state index in [4.69, 9.17) is 14.2 Å². The van der Waals surface area contributed by atoms with Crippen LogP contribution in [0, 0.1) is 5.92 Å². The standard InChI is InChI=1S/C20H28O3/c1-2-4-18(5-3-1)19(8-6-17-7-13-21-16-17)9-11-20(12-10-19)22-14-15-23-20/h1-5,17H,6-16H2. The molecule has 1 aromatic carbocycles. The summed E-state index contributed by atoms with van der Waals surface area (Å²) in [6.07, 6.45) is 8.19. The van der Waals surface area contributed by atoms with Gasteiger partial charge in [0.2, 0.25) is 0 Å². The second-order valence-electron chi connectivity index (χ2n) is 7.52. The van der Waals surface area contributed by atoms with E-state index in [1.54, 1.807) is 0 Å². The van der Waals surface area contributed by atoms with Crippen LogP contribution < -0.4 is 0 Å². The molecule has 3 nitrogen and oxygen atoms in total. The minimum Gasteiger partial charge on any atom is -0.381 e. The van der Waals surface area contributed by atoms with Gasteiger partial charge in [-0.2, -0.15) is 0 Å². The van der Waals surface area contributed by atoms with Crippen molar-refractivity contribution in [3.63, 3.8) is 0 Å². The van der Waals surface area contributed by atoms with E-state index >= 15 is 0 Å². The van der Waals surface area contributed by atoms with Crippen molar-refractivity contribution in [2.24, 2.45) is 5.92 Å². The summed E-state index contributed by atoms with van der Waals surface area (Å²) < 4.78 is 17.5. The van der Waals surface area contributed by atoms with Gasteiger partial charge in [-0.25, -0.2) is 0 Å². The van der Waals surface area contributed by atoms with Crippen LogP contribution in [0.3, 0.4) is 0 Å². The van der Waals surface area contributed by atoms with E-state index in [0.29, 0.717) is 5.41 Å². The van der Waals surface area contributed by atoms with Gasteiger partial charge in [-0.3, -0.25) is 0 Å². The SMILES string of the molecule is c1ccc(C2(CCC3CCOC3)CCC3(CC2)OCCO3)cc1. The summed E-state index contributed by atoms with van der Waals surface area (Å²) in [4.78, 5) is 0. The van der Waals surface area contributed by atoms with E-state index in [9.17, 15) is 0 Å². The second-order valence-corrected chi connectivity index (χ2v) is 7.52. The molecule has 0 N–H and O–H groups in total. The first-order valence-corrected chi connectivity index (χ1v) is 9.22. The third-order valence-corrected chi connectivity index (χ3v) is 6.22. The lowest BCUT2D eigenvalue weighted by molar-refractivity contribution is -0.185. The lowest BCUT2D eigenvalue weighted by Crippen LogP contribution is -2.42. The van der Waals surface area contributed by atoms with Crippen LogP contribution in [-0.4, -0.2) is 32.2 Å². The van der Waals surface area contributed by atoms with Crippen molar-refractivity contribution in [3.8, 4) is 0 Å². The molecule has 3 heteroatoms. The van der Waals surface area contributed by atoms with Crippen LogP contribution in [0.15, 0.2) is 30.3 Å². The van der Waals surface area contributed by atoms with Gasteiger partial charge in [0, 0.05) is 26.1 Å². The second kappa shape index (κ2) is 6.54. The van der Waals surface area contributed by atoms with Crippen molar-refractivity contribution < 1.29 is 14.2 Å². The topological polar surface area (TPSA) is 27.7 Å². The Morgan fingerprint density at radius 2 is 1.65 bits per heavy atom. The predicted molar refractivity (Wildman–Crippen MR) is 89.4 cm³/mol. The van der Waals surface area contributed by atoms with Crippen LogP contribution >= 0.6 is 0 Å². The Morgan fingerprint density at radius 1 is 0.913 bits per heavy atom. The molecule has 0 amide bonds. The van der Waals surface area contributed by atoms with E-state index in [2.05, 4.69) is 30.3 Å². The Labute approximate surface area is 139 Å². The van der Waals surface area contributed by atoms with Crippen LogP contribution in [0.1, 0.15) is 50.5 Å². The van der Waals surface area contributed by atoms with E-state index in [-0.39, 0.29) is 5.79 Å². The first-order valence-electron chi connectivity index (χ1n) is 9.22. The minimum atomic E-state index is -0.269. The molecule has 2 heterocycles. The van der Waals surface area contributed by atoms with Gasteiger partial charge in [-0.05, 0) is 49.0 Å². The molecule has 1 atom stereocenters. The molecule has 0 radical (unpaired) electrons. The van der Waals surface area contributed by atoms with Crippen molar-refractivity contribution in [2.45, 2.75) is 56.1 Å². The van der Waals surface area contributed by atoms with Crippen molar-refractivity contribution in [3.05, 3.63) is 35.9 Å². The lowest BCUT2D eigenvalue weighted by Gasteiger charge is -2.44. The van der Waals surface area contributed by atoms with Crippen LogP contribution in [0.2, 0.25) is 0 Å². The summed E-state index contributed by atoms with van der Waals surface area (Å²) in [6.45, 7) is 3.43. The van der Waals surface area contributed by atoms with Crippen LogP contribution in [-0.2, 0) is 19.6 Å². The lowest BCUT2D eigenvalue weighted by atomic mass is 9.64. The van der Waals surface area contributed by atoms with E-state index in [0.717, 1.165) is 45.2 Å². The fourth-order valence-electron chi connectivity index (χ4n) is 4.66. The van der Waals surface area contributed by atoms with Gasteiger partial charge in [-0.1, -0.05) is 30.3 Å². The molecule has 1 spiro atoms. The number of hydrogen-bond donors (Lipinski definition) is 0. The van der Waals surface area contributed by atoms with Crippen molar-refractivity contribution in [1.82, 2.24) is 0 Å². The van der Waals surface area contributed by atoms with E-state index in [1.165, 1.54) is 37.7 Å². The Kier molecular flexibility index (Phi) is 4.44. The zero-order valence-corrected chi connectivity index (χ0v) is 14.0. The molecule has 1 unspecified atom stereocenters. The molecule has 4 rings (SSSR count). The average Bonchev–Trinajstić information content (AvgIpc) is 3.28. The van der Waals surface area contributed by atoms with E-state index < -0.39 is 0 Å². The number of benzene rings is 1. The number of rotatable bonds is 4. The largest absolute Gasteiger partial charge is 0.381 e. The maximum atomic E-state index is 5.95. The minimum absolute atomic E-state index is 0.269. The molecule has 3 fully saturated rings. The summed E-state index contributed by atoms with van der Waals surface area (Å²) >= 11 is 0. The third-order valence-electron chi connectivity index (χ3n) is 6.22. The summed E-state index contributed by atoms with van der Waals surface area (Å²) in [5.41, 5.74) is 1.80. The summed E-state index contributed by atoms with van der Waals surface area (Å²) in [5, 5.41) is 0. The first kappa shape index (κ1) is 15.6. The molecule has 23 heavy (non-hydrogen) atoms. The van der Waals surface area contributed by atoms with Crippen molar-refractivity contribution in [1.29, 1.82) is 0 Å². The number of hydrogen-bond acceptors (Lipinski definition) is 3. The molecule has 1 saturated carbocycles. The summed E-state index contributed by atoms with van der Waals surface area (Å²) in [5.74, 6) is 0.486. The highest BCUT2D eigenvalue weighted by Crippen LogP contribution is 2.49. The van der Waals surface area contributed by atoms with Gasteiger partial charge in [0.25, 0.3) is 0 Å². The Hall–Kier alpha value is -0.900. The maximum absolute atomic E-state index is 5.95. The molecule has 3 aliphatic rings. The molecule has 1 aliphatic carbocycles. The molecule has 1 aromatic rings. The summed E-state index contributed by atoms with van der Waals surface area (Å²) in [6, 6.07) is 11.1. The van der Waals surface area contributed by atoms with Crippen LogP contribution in [0.4, 0.5) is 0 Å². The highest BCUT2D eigenvalue weighted by molar-refractivity contribution is 5.26. The van der Waals surface area contributed by atoms with Gasteiger partial charge in [-0.15, -0.1) is 0 Å². The van der Waals surface area contributed by atoms with Gasteiger partial charge in [0.1, 0.15) is 0 Å². The summed E-state index contributed by atoms with van der Waals surface area (Å²) in [7, 11) is 0. The van der Waals surface area contributed by atoms with Crippen LogP contribution in [0.5, 0.6) is 0 Å². The molecule has 2 aliphatic heterocycles. The quantitative estimate of drug-likeness (QED) is 0.838. The molecule has 2 saturated heterocycles. The Bertz CT molecular complexity index is 485. The van der Waals surface area contributed by atoms with Gasteiger partial charge in [0.15, 0.2) is 5.79 Å². The molecule has 126 valence electrons. The van der Waals surface area contributed by atoms with Crippen molar-refractivity contribution >= 4 is 0 Å². The van der Waals surface area contributed by atoms with Crippen LogP contribution in [0.25, 0.3) is 0 Å². The predicted octanol–water partition coefficient (Wildman–Crippen LogP) is 4.06.